The summed E-state index contributed by atoms with van der Waals surface area (Å²) in [5.74, 6) is -0.525. The minimum absolute atomic E-state index is 0. The Hall–Kier alpha value is -1.38. The molecule has 2 amide bonds. The van der Waals surface area contributed by atoms with Gasteiger partial charge < -0.3 is 16.0 Å². The number of rotatable bonds is 4. The zero-order valence-corrected chi connectivity index (χ0v) is 15.6. The van der Waals surface area contributed by atoms with E-state index in [-0.39, 0.29) is 24.2 Å². The number of halogens is 2. The molecule has 124 valence electrons. The first kappa shape index (κ1) is 19.7. The van der Waals surface area contributed by atoms with E-state index in [4.69, 9.17) is 5.73 Å². The van der Waals surface area contributed by atoms with Crippen LogP contribution in [0, 0.1) is 0 Å². The largest absolute Gasteiger partial charge is 0.339 e. The fraction of sp³-hybridized carbons (Fsp3) is 0.250. The first-order chi connectivity index (χ1) is 10.5. The van der Waals surface area contributed by atoms with Crippen molar-refractivity contribution in [2.75, 3.05) is 4.55 Å². The highest BCUT2D eigenvalue weighted by Gasteiger charge is 2.30. The number of nitrogens with two attached hydrogens (primary N) is 1. The third-order valence-electron chi connectivity index (χ3n) is 3.32. The van der Waals surface area contributed by atoms with Gasteiger partial charge in [0, 0.05) is 6.20 Å². The third kappa shape index (κ3) is 4.79. The summed E-state index contributed by atoms with van der Waals surface area (Å²) in [4.78, 5) is 26.2. The minimum atomic E-state index is -0.745. The van der Waals surface area contributed by atoms with Gasteiger partial charge in [0.1, 0.15) is 6.04 Å². The van der Waals surface area contributed by atoms with Crippen LogP contribution in [0.1, 0.15) is 12.5 Å². The van der Waals surface area contributed by atoms with Gasteiger partial charge in [0.2, 0.25) is 5.91 Å². The van der Waals surface area contributed by atoms with E-state index < -0.39 is 12.1 Å². The van der Waals surface area contributed by atoms with E-state index in [0.717, 1.165) is 11.1 Å². The smallest absolute Gasteiger partial charge is 0.254 e. The second-order valence-corrected chi connectivity index (χ2v) is 5.67. The van der Waals surface area contributed by atoms with Gasteiger partial charge in [-0.3, -0.25) is 9.59 Å². The summed E-state index contributed by atoms with van der Waals surface area (Å²) < 4.78 is 0.507. The van der Waals surface area contributed by atoms with Crippen LogP contribution in [0.2, 0.25) is 0 Å². The molecule has 0 aliphatic carbocycles. The first-order valence-corrected chi connectivity index (χ1v) is 8.43. The van der Waals surface area contributed by atoms with Crippen LogP contribution in [0.3, 0.4) is 0 Å². The van der Waals surface area contributed by atoms with Crippen molar-refractivity contribution in [3.8, 4) is 0 Å². The number of alkyl halides is 1. The number of allylic oxidation sites excluding steroid dienone is 2. The van der Waals surface area contributed by atoms with Crippen molar-refractivity contribution in [3.63, 3.8) is 0 Å². The Balaban J connectivity index is 0.00000264. The number of carbonyl (C=O) groups excluding carboxylic acids is 2. The summed E-state index contributed by atoms with van der Waals surface area (Å²) in [7, 11) is 0. The van der Waals surface area contributed by atoms with Crippen molar-refractivity contribution in [3.05, 3.63) is 54.2 Å². The van der Waals surface area contributed by atoms with E-state index in [1.165, 1.54) is 0 Å². The van der Waals surface area contributed by atoms with E-state index in [2.05, 4.69) is 27.9 Å². The average molecular weight is 448 g/mol. The highest BCUT2D eigenvalue weighted by Crippen LogP contribution is 2.23. The fourth-order valence-electron chi connectivity index (χ4n) is 2.12. The second-order valence-electron chi connectivity index (χ2n) is 4.99. The minimum Gasteiger partial charge on any atom is -0.339 e. The van der Waals surface area contributed by atoms with Crippen LogP contribution in [-0.2, 0) is 9.59 Å². The van der Waals surface area contributed by atoms with Gasteiger partial charge in [0.05, 0.1) is 10.6 Å². The van der Waals surface area contributed by atoms with Gasteiger partial charge in [0.25, 0.3) is 5.91 Å². The summed E-state index contributed by atoms with van der Waals surface area (Å²) in [6.07, 6.45) is 5.39. The molecule has 2 atom stereocenters. The number of hydrogen-bond acceptors (Lipinski definition) is 3. The quantitative estimate of drug-likeness (QED) is 0.421. The number of amides is 2. The Morgan fingerprint density at radius 2 is 2.04 bits per heavy atom. The number of carbonyl (C=O) groups is 2. The van der Waals surface area contributed by atoms with Gasteiger partial charge in [-0.2, -0.15) is 0 Å². The van der Waals surface area contributed by atoms with Crippen molar-refractivity contribution >= 4 is 52.4 Å². The van der Waals surface area contributed by atoms with Crippen molar-refractivity contribution < 1.29 is 9.59 Å². The summed E-state index contributed by atoms with van der Waals surface area (Å²) in [6, 6.07) is 8.12. The van der Waals surface area contributed by atoms with E-state index in [1.54, 1.807) is 18.0 Å². The SMILES string of the molecule is CC(N)C(=O)NC1C(=O)N(CI)C=CC=C1c1ccccc1.Cl. The molecule has 1 aromatic rings. The molecule has 2 unspecified atom stereocenters. The lowest BCUT2D eigenvalue weighted by molar-refractivity contribution is -0.132. The molecule has 0 saturated carbocycles. The molecule has 1 aliphatic rings. The predicted molar refractivity (Wildman–Crippen MR) is 102 cm³/mol. The highest BCUT2D eigenvalue weighted by molar-refractivity contribution is 14.1. The predicted octanol–water partition coefficient (Wildman–Crippen LogP) is 2.07. The number of hydrogen-bond donors (Lipinski definition) is 2. The molecule has 5 nitrogen and oxygen atoms in total. The molecule has 23 heavy (non-hydrogen) atoms. The molecule has 0 saturated heterocycles. The van der Waals surface area contributed by atoms with Crippen LogP contribution in [0.5, 0.6) is 0 Å². The standard InChI is InChI=1S/C16H18IN3O2.ClH/c1-11(18)15(21)19-14-13(12-6-3-2-4-7-12)8-5-9-20(10-17)16(14)22;/h2-9,11,14H,10,18H2,1H3,(H,19,21);1H. The maximum atomic E-state index is 12.7. The molecule has 0 aromatic heterocycles. The van der Waals surface area contributed by atoms with Crippen LogP contribution in [0.4, 0.5) is 0 Å². The Kier molecular flexibility index (Phi) is 7.74. The summed E-state index contributed by atoms with van der Waals surface area (Å²) in [5, 5.41) is 2.75. The van der Waals surface area contributed by atoms with E-state index >= 15 is 0 Å². The lowest BCUT2D eigenvalue weighted by atomic mass is 9.97. The molecule has 0 bridgehead atoms. The summed E-state index contributed by atoms with van der Waals surface area (Å²) >= 11 is 2.11. The topological polar surface area (TPSA) is 75.4 Å². The molecule has 1 aliphatic heterocycles. The molecule has 1 heterocycles. The normalized spacial score (nSPS) is 18.6. The van der Waals surface area contributed by atoms with Gasteiger partial charge in [-0.25, -0.2) is 0 Å². The third-order valence-corrected chi connectivity index (χ3v) is 4.05. The summed E-state index contributed by atoms with van der Waals surface area (Å²) in [5.41, 5.74) is 7.26. The zero-order valence-electron chi connectivity index (χ0n) is 12.6. The molecular weight excluding hydrogens is 429 g/mol. The van der Waals surface area contributed by atoms with Crippen LogP contribution < -0.4 is 11.1 Å². The second kappa shape index (κ2) is 9.05. The average Bonchev–Trinajstić information content (AvgIpc) is 2.68. The van der Waals surface area contributed by atoms with Crippen LogP contribution in [0.25, 0.3) is 5.57 Å². The Labute approximate surface area is 155 Å². The molecule has 2 rings (SSSR count). The van der Waals surface area contributed by atoms with Crippen molar-refractivity contribution in [2.45, 2.75) is 19.0 Å². The monoisotopic (exact) mass is 447 g/mol. The molecule has 7 heteroatoms. The zero-order chi connectivity index (χ0) is 16.1. The number of benzene rings is 1. The molecular formula is C16H19ClIN3O2. The highest BCUT2D eigenvalue weighted by atomic mass is 127. The van der Waals surface area contributed by atoms with Gasteiger partial charge in [-0.1, -0.05) is 59.0 Å². The Morgan fingerprint density at radius 1 is 1.39 bits per heavy atom. The number of nitrogens with one attached hydrogen (secondary N) is 1. The van der Waals surface area contributed by atoms with Crippen molar-refractivity contribution in [1.29, 1.82) is 0 Å². The molecule has 0 fully saturated rings. The van der Waals surface area contributed by atoms with Crippen molar-refractivity contribution in [2.24, 2.45) is 5.73 Å². The number of nitrogens with zero attached hydrogens (tertiary/aromatic N) is 1. The van der Waals surface area contributed by atoms with E-state index in [1.807, 2.05) is 42.5 Å². The van der Waals surface area contributed by atoms with Crippen molar-refractivity contribution in [1.82, 2.24) is 10.2 Å². The molecule has 1 aromatic carbocycles. The maximum absolute atomic E-state index is 12.7. The Bertz CT molecular complexity index is 617. The van der Waals surface area contributed by atoms with E-state index in [9.17, 15) is 9.59 Å². The molecule has 0 radical (unpaired) electrons. The Morgan fingerprint density at radius 3 is 2.61 bits per heavy atom. The van der Waals surface area contributed by atoms with Gasteiger partial charge in [-0.15, -0.1) is 12.4 Å². The maximum Gasteiger partial charge on any atom is 0.254 e. The lowest BCUT2D eigenvalue weighted by Crippen LogP contribution is -2.50. The fourth-order valence-corrected chi connectivity index (χ4v) is 2.69. The summed E-state index contributed by atoms with van der Waals surface area (Å²) in [6.45, 7) is 1.59. The van der Waals surface area contributed by atoms with Gasteiger partial charge in [0.15, 0.2) is 0 Å². The molecule has 3 N–H and O–H groups in total. The van der Waals surface area contributed by atoms with Crippen LogP contribution in [-0.4, -0.2) is 33.3 Å². The van der Waals surface area contributed by atoms with Gasteiger partial charge >= 0.3 is 0 Å². The van der Waals surface area contributed by atoms with E-state index in [0.29, 0.717) is 4.55 Å². The first-order valence-electron chi connectivity index (χ1n) is 6.90. The van der Waals surface area contributed by atoms with Crippen LogP contribution in [0.15, 0.2) is 48.7 Å². The van der Waals surface area contributed by atoms with Gasteiger partial charge in [-0.05, 0) is 24.1 Å². The lowest BCUT2D eigenvalue weighted by Gasteiger charge is -2.25. The molecule has 0 spiro atoms. The van der Waals surface area contributed by atoms with Crippen LogP contribution >= 0.6 is 35.0 Å².